The summed E-state index contributed by atoms with van der Waals surface area (Å²) in [5.41, 5.74) is 0.518. The third-order valence-electron chi connectivity index (χ3n) is 5.17. The van der Waals surface area contributed by atoms with E-state index in [0.717, 1.165) is 39.3 Å². The number of carbonyl (C=O) groups excluding carboxylic acids is 2. The molecule has 1 aliphatic rings. The highest BCUT2D eigenvalue weighted by Gasteiger charge is 2.22. The van der Waals surface area contributed by atoms with Gasteiger partial charge in [0.1, 0.15) is 17.3 Å². The van der Waals surface area contributed by atoms with Crippen LogP contribution in [0.1, 0.15) is 40.5 Å². The Kier molecular flexibility index (Phi) is 8.10. The third-order valence-corrected chi connectivity index (χ3v) is 5.17. The predicted molar refractivity (Wildman–Crippen MR) is 111 cm³/mol. The molecule has 1 fully saturated rings. The number of nitrogens with one attached hydrogen (secondary N) is 1. The Morgan fingerprint density at radius 2 is 2.03 bits per heavy atom. The molecule has 8 nitrogen and oxygen atoms in total. The third kappa shape index (κ3) is 6.47. The molecule has 0 aromatic carbocycles. The summed E-state index contributed by atoms with van der Waals surface area (Å²) in [6.45, 7) is 9.22. The van der Waals surface area contributed by atoms with Gasteiger partial charge in [0.05, 0.1) is 31.6 Å². The maximum Gasteiger partial charge on any atom is 0.257 e. The quantitative estimate of drug-likeness (QED) is 0.597. The van der Waals surface area contributed by atoms with Crippen LogP contribution in [0.25, 0.3) is 0 Å². The van der Waals surface area contributed by atoms with Crippen LogP contribution in [0.15, 0.2) is 33.3 Å². The van der Waals surface area contributed by atoms with Gasteiger partial charge in [0.15, 0.2) is 0 Å². The molecular weight excluding hydrogens is 386 g/mol. The molecule has 1 saturated heterocycles. The van der Waals surface area contributed by atoms with Gasteiger partial charge >= 0.3 is 0 Å². The van der Waals surface area contributed by atoms with E-state index >= 15 is 0 Å². The standard InChI is InChI=1S/C22H31N3O5/c1-17-15-20(18(2)30-17)22(27)25(16-19-5-3-12-29-19)9-6-21(26)23-7-4-8-24-10-13-28-14-11-24/h3,5,12,15H,4,6-11,13-14,16H2,1-2H3,(H,23,26). The van der Waals surface area contributed by atoms with E-state index in [2.05, 4.69) is 10.2 Å². The summed E-state index contributed by atoms with van der Waals surface area (Å²) in [7, 11) is 0. The number of morpholine rings is 1. The largest absolute Gasteiger partial charge is 0.467 e. The van der Waals surface area contributed by atoms with Crippen molar-refractivity contribution in [1.82, 2.24) is 15.1 Å². The van der Waals surface area contributed by atoms with Crippen molar-refractivity contribution in [3.05, 3.63) is 47.3 Å². The Bertz CT molecular complexity index is 809. The lowest BCUT2D eigenvalue weighted by Gasteiger charge is -2.26. The Morgan fingerprint density at radius 1 is 1.23 bits per heavy atom. The zero-order valence-corrected chi connectivity index (χ0v) is 17.8. The molecule has 0 radical (unpaired) electrons. The molecule has 0 aliphatic carbocycles. The second-order valence-corrected chi connectivity index (χ2v) is 7.54. The first-order chi connectivity index (χ1) is 14.5. The van der Waals surface area contributed by atoms with Gasteiger partial charge in [-0.3, -0.25) is 14.5 Å². The van der Waals surface area contributed by atoms with Crippen molar-refractivity contribution in [1.29, 1.82) is 0 Å². The lowest BCUT2D eigenvalue weighted by Crippen LogP contribution is -2.38. The molecule has 2 amide bonds. The molecule has 0 bridgehead atoms. The van der Waals surface area contributed by atoms with Crippen LogP contribution in [-0.2, 0) is 16.1 Å². The normalized spacial score (nSPS) is 14.6. The highest BCUT2D eigenvalue weighted by molar-refractivity contribution is 5.95. The number of rotatable bonds is 10. The Balaban J connectivity index is 1.48. The summed E-state index contributed by atoms with van der Waals surface area (Å²) in [4.78, 5) is 29.3. The second-order valence-electron chi connectivity index (χ2n) is 7.54. The maximum absolute atomic E-state index is 13.0. The molecule has 30 heavy (non-hydrogen) atoms. The first-order valence-corrected chi connectivity index (χ1v) is 10.5. The number of ether oxygens (including phenoxy) is 1. The minimum absolute atomic E-state index is 0.0608. The SMILES string of the molecule is Cc1cc(C(=O)N(CCC(=O)NCCCN2CCOCC2)Cc2ccco2)c(C)o1. The molecular formula is C22H31N3O5. The van der Waals surface area contributed by atoms with Crippen LogP contribution in [0.4, 0.5) is 0 Å². The molecule has 1 aliphatic heterocycles. The number of amides is 2. The molecule has 2 aromatic heterocycles. The fraction of sp³-hybridized carbons (Fsp3) is 0.545. The van der Waals surface area contributed by atoms with Gasteiger partial charge in [-0.05, 0) is 45.0 Å². The minimum Gasteiger partial charge on any atom is -0.467 e. The van der Waals surface area contributed by atoms with Crippen molar-refractivity contribution in [2.45, 2.75) is 33.2 Å². The highest BCUT2D eigenvalue weighted by atomic mass is 16.5. The number of nitrogens with zero attached hydrogens (tertiary/aromatic N) is 2. The van der Waals surface area contributed by atoms with Gasteiger partial charge in [-0.15, -0.1) is 0 Å². The van der Waals surface area contributed by atoms with E-state index < -0.39 is 0 Å². The summed E-state index contributed by atoms with van der Waals surface area (Å²) in [5, 5.41) is 2.95. The van der Waals surface area contributed by atoms with E-state index in [-0.39, 0.29) is 18.2 Å². The van der Waals surface area contributed by atoms with Crippen molar-refractivity contribution in [2.24, 2.45) is 0 Å². The van der Waals surface area contributed by atoms with Gasteiger partial charge in [-0.2, -0.15) is 0 Å². The number of furan rings is 2. The van der Waals surface area contributed by atoms with Crippen LogP contribution >= 0.6 is 0 Å². The molecule has 1 N–H and O–H groups in total. The van der Waals surface area contributed by atoms with Crippen LogP contribution < -0.4 is 5.32 Å². The van der Waals surface area contributed by atoms with Crippen molar-refractivity contribution in [3.63, 3.8) is 0 Å². The Labute approximate surface area is 177 Å². The van der Waals surface area contributed by atoms with Gasteiger partial charge in [0.25, 0.3) is 5.91 Å². The van der Waals surface area contributed by atoms with Crippen molar-refractivity contribution in [2.75, 3.05) is 45.9 Å². The average molecular weight is 418 g/mol. The Hall–Kier alpha value is -2.58. The molecule has 164 valence electrons. The van der Waals surface area contributed by atoms with Crippen molar-refractivity contribution >= 4 is 11.8 Å². The summed E-state index contributed by atoms with van der Waals surface area (Å²) in [5.74, 6) is 1.71. The van der Waals surface area contributed by atoms with Crippen LogP contribution in [-0.4, -0.2) is 67.6 Å². The smallest absolute Gasteiger partial charge is 0.257 e. The first kappa shape index (κ1) is 22.1. The molecule has 2 aromatic rings. The van der Waals surface area contributed by atoms with Gasteiger partial charge in [-0.1, -0.05) is 0 Å². The van der Waals surface area contributed by atoms with E-state index in [1.165, 1.54) is 0 Å². The summed E-state index contributed by atoms with van der Waals surface area (Å²) < 4.78 is 16.2. The van der Waals surface area contributed by atoms with E-state index in [1.54, 1.807) is 30.2 Å². The second kappa shape index (κ2) is 11.0. The van der Waals surface area contributed by atoms with Crippen LogP contribution in [0.5, 0.6) is 0 Å². The van der Waals surface area contributed by atoms with Gasteiger partial charge in [-0.25, -0.2) is 0 Å². The van der Waals surface area contributed by atoms with Crippen molar-refractivity contribution < 1.29 is 23.2 Å². The monoisotopic (exact) mass is 417 g/mol. The van der Waals surface area contributed by atoms with E-state index in [0.29, 0.717) is 42.5 Å². The summed E-state index contributed by atoms with van der Waals surface area (Å²) in [6, 6.07) is 5.34. The van der Waals surface area contributed by atoms with Crippen LogP contribution in [0.3, 0.4) is 0 Å². The van der Waals surface area contributed by atoms with Gasteiger partial charge < -0.3 is 23.8 Å². The highest BCUT2D eigenvalue weighted by Crippen LogP contribution is 2.18. The average Bonchev–Trinajstić information content (AvgIpc) is 3.37. The van der Waals surface area contributed by atoms with E-state index in [4.69, 9.17) is 13.6 Å². The zero-order chi connectivity index (χ0) is 21.3. The number of carbonyl (C=O) groups is 2. The molecule has 0 spiro atoms. The summed E-state index contributed by atoms with van der Waals surface area (Å²) in [6.07, 6.45) is 2.71. The molecule has 0 unspecified atom stereocenters. The van der Waals surface area contributed by atoms with Gasteiger partial charge in [0.2, 0.25) is 5.91 Å². The molecule has 8 heteroatoms. The number of aryl methyl sites for hydroxylation is 2. The Morgan fingerprint density at radius 3 is 2.70 bits per heavy atom. The lowest BCUT2D eigenvalue weighted by atomic mass is 10.2. The molecule has 0 atom stereocenters. The maximum atomic E-state index is 13.0. The van der Waals surface area contributed by atoms with Crippen LogP contribution in [0, 0.1) is 13.8 Å². The fourth-order valence-electron chi connectivity index (χ4n) is 3.54. The fourth-order valence-corrected chi connectivity index (χ4v) is 3.54. The molecule has 0 saturated carbocycles. The van der Waals surface area contributed by atoms with Crippen LogP contribution in [0.2, 0.25) is 0 Å². The molecule has 3 heterocycles. The first-order valence-electron chi connectivity index (χ1n) is 10.5. The predicted octanol–water partition coefficient (Wildman–Crippen LogP) is 2.36. The lowest BCUT2D eigenvalue weighted by molar-refractivity contribution is -0.121. The van der Waals surface area contributed by atoms with Gasteiger partial charge in [0, 0.05) is 32.6 Å². The number of hydrogen-bond acceptors (Lipinski definition) is 6. The van der Waals surface area contributed by atoms with E-state index in [1.807, 2.05) is 13.0 Å². The molecule has 3 rings (SSSR count). The minimum atomic E-state index is -0.166. The topological polar surface area (TPSA) is 88.2 Å². The zero-order valence-electron chi connectivity index (χ0n) is 17.8. The van der Waals surface area contributed by atoms with E-state index in [9.17, 15) is 9.59 Å². The number of hydrogen-bond donors (Lipinski definition) is 1. The van der Waals surface area contributed by atoms with Crippen molar-refractivity contribution in [3.8, 4) is 0 Å². The summed E-state index contributed by atoms with van der Waals surface area (Å²) >= 11 is 0.